The van der Waals surface area contributed by atoms with Crippen molar-refractivity contribution in [3.05, 3.63) is 60.2 Å². The van der Waals surface area contributed by atoms with E-state index >= 15 is 0 Å². The molecule has 0 spiro atoms. The molecule has 0 atom stereocenters. The zero-order valence-electron chi connectivity index (χ0n) is 8.61. The van der Waals surface area contributed by atoms with Gasteiger partial charge in [-0.2, -0.15) is 30.3 Å². The van der Waals surface area contributed by atoms with Crippen molar-refractivity contribution in [1.82, 2.24) is 0 Å². The minimum absolute atomic E-state index is 0. The Hall–Kier alpha value is -1.35. The molecule has 3 N–H and O–H groups in total. The van der Waals surface area contributed by atoms with Crippen LogP contribution in [0.25, 0.3) is 0 Å². The fourth-order valence-corrected chi connectivity index (χ4v) is 1.03. The second-order valence-corrected chi connectivity index (χ2v) is 2.83. The third kappa shape index (κ3) is 8.00. The first-order valence-electron chi connectivity index (χ1n) is 4.38. The van der Waals surface area contributed by atoms with Crippen LogP contribution >= 0.6 is 0 Å². The quantitative estimate of drug-likeness (QED) is 0.659. The Morgan fingerprint density at radius 1 is 1.12 bits per heavy atom. The van der Waals surface area contributed by atoms with E-state index in [0.717, 1.165) is 5.56 Å². The summed E-state index contributed by atoms with van der Waals surface area (Å²) in [5, 5.41) is 8.29. The van der Waals surface area contributed by atoms with Crippen molar-refractivity contribution in [2.45, 2.75) is 6.42 Å². The SMILES string of the molecule is O.O=C(O)C[c-]1cccc1.[Fe+2].c1cc[cH-]c1. The van der Waals surface area contributed by atoms with Crippen molar-refractivity contribution >= 4 is 5.97 Å². The Labute approximate surface area is 105 Å². The minimum atomic E-state index is -0.777. The van der Waals surface area contributed by atoms with Gasteiger partial charge in [-0.05, 0) is 0 Å². The first-order chi connectivity index (χ1) is 6.79. The molecule has 0 aliphatic heterocycles. The fourth-order valence-electron chi connectivity index (χ4n) is 1.03. The second-order valence-electron chi connectivity index (χ2n) is 2.83. The minimum Gasteiger partial charge on any atom is -0.482 e. The first-order valence-corrected chi connectivity index (χ1v) is 4.38. The number of hydrogen-bond acceptors (Lipinski definition) is 1. The zero-order valence-corrected chi connectivity index (χ0v) is 9.72. The van der Waals surface area contributed by atoms with E-state index in [9.17, 15) is 4.79 Å². The van der Waals surface area contributed by atoms with E-state index in [1.54, 1.807) is 12.1 Å². The predicted octanol–water partition coefficient (Wildman–Crippen LogP) is 1.61. The maximum Gasteiger partial charge on any atom is 2.00 e. The molecule has 0 saturated heterocycles. The number of carboxylic acid groups (broad SMARTS) is 1. The summed E-state index contributed by atoms with van der Waals surface area (Å²) in [6.07, 6.45) is 0.132. The van der Waals surface area contributed by atoms with Crippen LogP contribution in [-0.2, 0) is 28.3 Å². The molecule has 0 saturated carbocycles. The molecule has 0 aliphatic carbocycles. The fraction of sp³-hybridized carbons (Fsp3) is 0.0833. The smallest absolute Gasteiger partial charge is 0.482 e. The van der Waals surface area contributed by atoms with Gasteiger partial charge < -0.3 is 10.6 Å². The Bertz CT molecular complexity index is 321. The van der Waals surface area contributed by atoms with E-state index in [2.05, 4.69) is 0 Å². The monoisotopic (exact) mass is 262 g/mol. The van der Waals surface area contributed by atoms with Crippen LogP contribution in [-0.4, -0.2) is 16.6 Å². The maximum absolute atomic E-state index is 10.1. The molecule has 0 amide bonds. The third-order valence-electron chi connectivity index (χ3n) is 1.64. The Kier molecular flexibility index (Phi) is 10.8. The molecule has 0 aliphatic rings. The van der Waals surface area contributed by atoms with Crippen LogP contribution in [0, 0.1) is 0 Å². The van der Waals surface area contributed by atoms with Crippen LogP contribution in [0.5, 0.6) is 0 Å². The summed E-state index contributed by atoms with van der Waals surface area (Å²) in [6, 6.07) is 17.3. The molecule has 16 heavy (non-hydrogen) atoms. The van der Waals surface area contributed by atoms with Gasteiger partial charge in [-0.15, -0.1) is 5.56 Å². The summed E-state index contributed by atoms with van der Waals surface area (Å²) in [5.41, 5.74) is 0.863. The van der Waals surface area contributed by atoms with Gasteiger partial charge in [-0.3, -0.25) is 4.79 Å². The van der Waals surface area contributed by atoms with E-state index in [1.807, 2.05) is 42.5 Å². The van der Waals surface area contributed by atoms with Gasteiger partial charge in [0.05, 0.1) is 0 Å². The Balaban J connectivity index is 0. The van der Waals surface area contributed by atoms with Crippen molar-refractivity contribution < 1.29 is 32.4 Å². The summed E-state index contributed by atoms with van der Waals surface area (Å²) in [7, 11) is 0. The average molecular weight is 262 g/mol. The van der Waals surface area contributed by atoms with E-state index < -0.39 is 5.97 Å². The predicted molar refractivity (Wildman–Crippen MR) is 59.0 cm³/mol. The van der Waals surface area contributed by atoms with Crippen LogP contribution in [0.4, 0.5) is 0 Å². The molecule has 0 heterocycles. The molecule has 0 aromatic heterocycles. The van der Waals surface area contributed by atoms with Gasteiger partial charge in [0.15, 0.2) is 0 Å². The molecule has 2 rings (SSSR count). The number of hydrogen-bond donors (Lipinski definition) is 1. The molecule has 0 radical (unpaired) electrons. The van der Waals surface area contributed by atoms with Gasteiger partial charge in [0.1, 0.15) is 0 Å². The van der Waals surface area contributed by atoms with Crippen LogP contribution in [0.2, 0.25) is 0 Å². The standard InChI is InChI=1S/C7H7O2.C5H5.Fe.H2O/c8-7(9)5-6-3-1-2-4-6;1-2-4-5-3-1;;/h1-4H,5H2,(H,8,9);1-5H;;1H2/q2*-1;+2;. The average Bonchev–Trinajstić information content (AvgIpc) is 2.75. The zero-order chi connectivity index (χ0) is 10.2. The Morgan fingerprint density at radius 3 is 1.94 bits per heavy atom. The molecule has 2 aromatic rings. The van der Waals surface area contributed by atoms with Crippen molar-refractivity contribution in [2.24, 2.45) is 0 Å². The number of carbonyl (C=O) groups is 1. The summed E-state index contributed by atoms with van der Waals surface area (Å²) in [5.74, 6) is -0.777. The van der Waals surface area contributed by atoms with Gasteiger partial charge in [-0.25, -0.2) is 24.3 Å². The summed E-state index contributed by atoms with van der Waals surface area (Å²) in [6.45, 7) is 0. The van der Waals surface area contributed by atoms with Gasteiger partial charge in [0, 0.05) is 6.42 Å². The van der Waals surface area contributed by atoms with E-state index in [0.29, 0.717) is 0 Å². The van der Waals surface area contributed by atoms with Gasteiger partial charge >= 0.3 is 17.1 Å². The second kappa shape index (κ2) is 10.2. The van der Waals surface area contributed by atoms with Crippen molar-refractivity contribution in [2.75, 3.05) is 0 Å². The normalized spacial score (nSPS) is 7.75. The summed E-state index contributed by atoms with van der Waals surface area (Å²) < 4.78 is 0. The van der Waals surface area contributed by atoms with E-state index in [-0.39, 0.29) is 29.0 Å². The van der Waals surface area contributed by atoms with Crippen LogP contribution in [0.15, 0.2) is 54.6 Å². The van der Waals surface area contributed by atoms with Gasteiger partial charge in [0.2, 0.25) is 0 Å². The van der Waals surface area contributed by atoms with Crippen molar-refractivity contribution in [1.29, 1.82) is 0 Å². The molecule has 0 bridgehead atoms. The van der Waals surface area contributed by atoms with Gasteiger partial charge in [-0.1, -0.05) is 0 Å². The molecule has 88 valence electrons. The molecule has 3 nitrogen and oxygen atoms in total. The largest absolute Gasteiger partial charge is 2.00 e. The Morgan fingerprint density at radius 2 is 1.62 bits per heavy atom. The third-order valence-corrected chi connectivity index (χ3v) is 1.64. The van der Waals surface area contributed by atoms with E-state index in [1.165, 1.54) is 0 Å². The number of rotatable bonds is 2. The van der Waals surface area contributed by atoms with Crippen LogP contribution in [0.1, 0.15) is 5.56 Å². The maximum atomic E-state index is 10.1. The molecular formula is C12H14FeO3. The summed E-state index contributed by atoms with van der Waals surface area (Å²) in [4.78, 5) is 10.1. The first kappa shape index (κ1) is 17.1. The molecule has 2 aromatic carbocycles. The van der Waals surface area contributed by atoms with Crippen LogP contribution < -0.4 is 0 Å². The van der Waals surface area contributed by atoms with Crippen molar-refractivity contribution in [3.63, 3.8) is 0 Å². The number of aliphatic carboxylic acids is 1. The molecule has 0 unspecified atom stereocenters. The van der Waals surface area contributed by atoms with Gasteiger partial charge in [0.25, 0.3) is 5.97 Å². The molecular weight excluding hydrogens is 248 g/mol. The number of carboxylic acids is 1. The molecule has 0 fully saturated rings. The molecule has 4 heteroatoms. The topological polar surface area (TPSA) is 68.8 Å². The summed E-state index contributed by atoms with van der Waals surface area (Å²) >= 11 is 0. The van der Waals surface area contributed by atoms with Crippen molar-refractivity contribution in [3.8, 4) is 0 Å². The van der Waals surface area contributed by atoms with E-state index in [4.69, 9.17) is 5.11 Å². The van der Waals surface area contributed by atoms with Crippen LogP contribution in [0.3, 0.4) is 0 Å².